The van der Waals surface area contributed by atoms with E-state index < -0.39 is 0 Å². The van der Waals surface area contributed by atoms with Crippen LogP contribution < -0.4 is 0 Å². The van der Waals surface area contributed by atoms with E-state index in [4.69, 9.17) is 0 Å². The van der Waals surface area contributed by atoms with Gasteiger partial charge in [-0.15, -0.1) is 0 Å². The Hall–Kier alpha value is -4.68. The van der Waals surface area contributed by atoms with E-state index in [9.17, 15) is 0 Å². The van der Waals surface area contributed by atoms with Crippen LogP contribution in [0.25, 0.3) is 59.8 Å². The molecule has 0 saturated carbocycles. The largest absolute Gasteiger partial charge is 0.0987 e. The molecule has 51 heavy (non-hydrogen) atoms. The third-order valence-corrected chi connectivity index (χ3v) is 12.7. The highest BCUT2D eigenvalue weighted by molar-refractivity contribution is 6.33. The summed E-state index contributed by atoms with van der Waals surface area (Å²) >= 11 is 0. The van der Waals surface area contributed by atoms with Gasteiger partial charge in [-0.05, 0) is 140 Å². The van der Waals surface area contributed by atoms with Crippen molar-refractivity contribution < 1.29 is 0 Å². The van der Waals surface area contributed by atoms with Gasteiger partial charge < -0.3 is 0 Å². The Morgan fingerprint density at radius 1 is 0.549 bits per heavy atom. The van der Waals surface area contributed by atoms with Crippen molar-refractivity contribution in [3.8, 4) is 11.1 Å². The summed E-state index contributed by atoms with van der Waals surface area (Å²) in [7, 11) is 0. The molecule has 0 spiro atoms. The fourth-order valence-electron chi connectivity index (χ4n) is 10.1. The fourth-order valence-corrected chi connectivity index (χ4v) is 10.1. The van der Waals surface area contributed by atoms with Gasteiger partial charge >= 0.3 is 0 Å². The molecule has 0 heterocycles. The number of rotatable bonds is 2. The second-order valence-corrected chi connectivity index (χ2v) is 18.7. The van der Waals surface area contributed by atoms with Gasteiger partial charge in [0.1, 0.15) is 0 Å². The zero-order valence-electron chi connectivity index (χ0n) is 32.4. The van der Waals surface area contributed by atoms with Crippen molar-refractivity contribution in [2.24, 2.45) is 0 Å². The molecule has 0 unspecified atom stereocenters. The van der Waals surface area contributed by atoms with Gasteiger partial charge in [-0.1, -0.05) is 155 Å². The summed E-state index contributed by atoms with van der Waals surface area (Å²) in [4.78, 5) is 0. The predicted molar refractivity (Wildman–Crippen MR) is 223 cm³/mol. The first-order chi connectivity index (χ1) is 24.0. The molecular formula is C51H50. The van der Waals surface area contributed by atoms with Crippen LogP contribution in [-0.2, 0) is 21.7 Å². The second-order valence-electron chi connectivity index (χ2n) is 18.7. The van der Waals surface area contributed by atoms with Gasteiger partial charge in [-0.3, -0.25) is 0 Å². The van der Waals surface area contributed by atoms with Crippen LogP contribution in [0.1, 0.15) is 114 Å². The smallest absolute Gasteiger partial charge is 0.0165 e. The summed E-state index contributed by atoms with van der Waals surface area (Å²) in [6.07, 6.45) is 2.16. The summed E-state index contributed by atoms with van der Waals surface area (Å²) in [5, 5.41) is 11.1. The van der Waals surface area contributed by atoms with Crippen LogP contribution in [0.5, 0.6) is 0 Å². The topological polar surface area (TPSA) is 0 Å². The Morgan fingerprint density at radius 3 is 1.67 bits per heavy atom. The number of fused-ring (bicyclic) bond motifs is 10. The number of allylic oxidation sites excluding steroid dienone is 2. The third-order valence-electron chi connectivity index (χ3n) is 12.7. The highest BCUT2D eigenvalue weighted by atomic mass is 14.5. The highest BCUT2D eigenvalue weighted by Crippen LogP contribution is 2.62. The molecule has 7 aromatic rings. The van der Waals surface area contributed by atoms with Gasteiger partial charge in [0.2, 0.25) is 0 Å². The van der Waals surface area contributed by atoms with Crippen molar-refractivity contribution in [3.63, 3.8) is 0 Å². The third kappa shape index (κ3) is 4.08. The molecule has 0 aromatic heterocycles. The van der Waals surface area contributed by atoms with Crippen LogP contribution in [0.4, 0.5) is 0 Å². The molecular weight excluding hydrogens is 613 g/mol. The van der Waals surface area contributed by atoms with Crippen molar-refractivity contribution in [2.45, 2.75) is 97.8 Å². The summed E-state index contributed by atoms with van der Waals surface area (Å²) < 4.78 is 0. The predicted octanol–water partition coefficient (Wildman–Crippen LogP) is 14.2. The lowest BCUT2D eigenvalue weighted by Crippen LogP contribution is -2.19. The molecule has 0 heteroatoms. The number of benzene rings is 7. The molecule has 2 aliphatic rings. The van der Waals surface area contributed by atoms with Crippen molar-refractivity contribution in [3.05, 3.63) is 148 Å². The molecule has 0 nitrogen and oxygen atoms in total. The minimum atomic E-state index is -0.247. The Bertz CT molecular complexity index is 2710. The SMILES string of the molecule is C=CC1=C(c2ccccc2C)c2c(c3cc(C(C)(C)C)cc4c5c(c6cc(C(C)(C)C)cc2c6c43)C(C)(C)c2ccc3ccccc3c2-5)C1(C)C. The first kappa shape index (κ1) is 32.2. The zero-order valence-corrected chi connectivity index (χ0v) is 32.4. The molecule has 9 rings (SSSR count). The number of hydrogen-bond donors (Lipinski definition) is 0. The van der Waals surface area contributed by atoms with Crippen LogP contribution in [0.3, 0.4) is 0 Å². The standard InChI is InChI=1S/C51H50/c1-13-38-42(32-20-16-14-18-28(32)2)44-34-24-30(48(3,4)5)27-37-40(34)41-35(25-31(49(6,7)8)26-36(41)46(44)50(38,9)10)45-43-33-21-17-15-19-29(33)22-23-39(43)51(11,12)47(37)45/h13-27H,1H2,2-12H3. The second kappa shape index (κ2) is 10.0. The molecule has 7 aromatic carbocycles. The van der Waals surface area contributed by atoms with Crippen LogP contribution in [0.15, 0.2) is 103 Å². The van der Waals surface area contributed by atoms with E-state index in [1.165, 1.54) is 110 Å². The van der Waals surface area contributed by atoms with Crippen molar-refractivity contribution in [1.82, 2.24) is 0 Å². The minimum absolute atomic E-state index is 0.0321. The first-order valence-corrected chi connectivity index (χ1v) is 18.8. The van der Waals surface area contributed by atoms with Crippen molar-refractivity contribution in [2.75, 3.05) is 0 Å². The Kier molecular flexibility index (Phi) is 6.33. The number of aryl methyl sites for hydroxylation is 1. The van der Waals surface area contributed by atoms with E-state index in [-0.39, 0.29) is 21.7 Å². The van der Waals surface area contributed by atoms with Gasteiger partial charge in [-0.2, -0.15) is 0 Å². The van der Waals surface area contributed by atoms with Crippen molar-refractivity contribution >= 4 is 48.7 Å². The maximum Gasteiger partial charge on any atom is 0.0165 e. The molecule has 0 saturated heterocycles. The lowest BCUT2D eigenvalue weighted by Gasteiger charge is -2.31. The molecule has 254 valence electrons. The fraction of sp³-hybridized carbons (Fsp3) is 0.294. The van der Waals surface area contributed by atoms with Gasteiger partial charge in [-0.25, -0.2) is 0 Å². The summed E-state index contributed by atoms with van der Waals surface area (Å²) in [5.74, 6) is 0. The molecule has 0 N–H and O–H groups in total. The summed E-state index contributed by atoms with van der Waals surface area (Å²) in [6.45, 7) is 30.8. The quantitative estimate of drug-likeness (QED) is 0.162. The van der Waals surface area contributed by atoms with E-state index in [2.05, 4.69) is 174 Å². The minimum Gasteiger partial charge on any atom is -0.0987 e. The lowest BCUT2D eigenvalue weighted by molar-refractivity contribution is 0.590. The Labute approximate surface area is 304 Å². The van der Waals surface area contributed by atoms with Crippen LogP contribution in [0, 0.1) is 6.92 Å². The van der Waals surface area contributed by atoms with Crippen LogP contribution >= 0.6 is 0 Å². The molecule has 0 bridgehead atoms. The molecule has 0 radical (unpaired) electrons. The average molecular weight is 663 g/mol. The van der Waals surface area contributed by atoms with E-state index in [0.29, 0.717) is 0 Å². The van der Waals surface area contributed by atoms with E-state index in [0.717, 1.165) is 0 Å². The Morgan fingerprint density at radius 2 is 1.08 bits per heavy atom. The highest BCUT2D eigenvalue weighted by Gasteiger charge is 2.44. The monoisotopic (exact) mass is 662 g/mol. The number of hydrogen-bond acceptors (Lipinski definition) is 0. The van der Waals surface area contributed by atoms with Crippen molar-refractivity contribution in [1.29, 1.82) is 0 Å². The van der Waals surface area contributed by atoms with Gasteiger partial charge in [0.25, 0.3) is 0 Å². The molecule has 0 atom stereocenters. The van der Waals surface area contributed by atoms with Gasteiger partial charge in [0.15, 0.2) is 0 Å². The van der Waals surface area contributed by atoms with E-state index >= 15 is 0 Å². The van der Waals surface area contributed by atoms with Gasteiger partial charge in [0, 0.05) is 10.8 Å². The molecule has 0 amide bonds. The maximum absolute atomic E-state index is 4.50. The zero-order chi connectivity index (χ0) is 36.2. The average Bonchev–Trinajstić information content (AvgIpc) is 3.46. The Balaban J connectivity index is 1.63. The lowest BCUT2D eigenvalue weighted by atomic mass is 9.71. The molecule has 0 fully saturated rings. The summed E-state index contributed by atoms with van der Waals surface area (Å²) in [6, 6.07) is 33.0. The summed E-state index contributed by atoms with van der Waals surface area (Å²) in [5.41, 5.74) is 16.2. The molecule has 0 aliphatic heterocycles. The van der Waals surface area contributed by atoms with Crippen LogP contribution in [0.2, 0.25) is 0 Å². The maximum atomic E-state index is 4.50. The van der Waals surface area contributed by atoms with E-state index in [1.54, 1.807) is 0 Å². The molecule has 2 aliphatic carbocycles. The normalized spacial score (nSPS) is 16.5. The first-order valence-electron chi connectivity index (χ1n) is 18.8. The van der Waals surface area contributed by atoms with Crippen LogP contribution in [-0.4, -0.2) is 0 Å². The van der Waals surface area contributed by atoms with Gasteiger partial charge in [0.05, 0.1) is 0 Å². The van der Waals surface area contributed by atoms with E-state index in [1.807, 2.05) is 0 Å².